The second-order valence-electron chi connectivity index (χ2n) is 6.74. The molecule has 1 aromatic rings. The summed E-state index contributed by atoms with van der Waals surface area (Å²) in [7, 11) is -3.51. The van der Waals surface area contributed by atoms with E-state index in [1.807, 2.05) is 27.7 Å². The van der Waals surface area contributed by atoms with Crippen molar-refractivity contribution < 1.29 is 8.42 Å². The first-order valence-corrected chi connectivity index (χ1v) is 9.94. The molecule has 2 rings (SSSR count). The van der Waals surface area contributed by atoms with Crippen LogP contribution in [-0.4, -0.2) is 25.3 Å². The maximum Gasteiger partial charge on any atom is 0.244 e. The van der Waals surface area contributed by atoms with Crippen LogP contribution in [0.1, 0.15) is 54.4 Å². The first kappa shape index (κ1) is 18.2. The third kappa shape index (κ3) is 3.53. The molecule has 4 heteroatoms. The fourth-order valence-corrected chi connectivity index (χ4v) is 5.86. The maximum absolute atomic E-state index is 13.4. The van der Waals surface area contributed by atoms with Gasteiger partial charge in [0.1, 0.15) is 0 Å². The Kier molecular flexibility index (Phi) is 5.69. The van der Waals surface area contributed by atoms with Crippen molar-refractivity contribution in [2.24, 2.45) is 0 Å². The quantitative estimate of drug-likeness (QED) is 0.747. The highest BCUT2D eigenvalue weighted by Gasteiger charge is 2.34. The predicted octanol–water partition coefficient (Wildman–Crippen LogP) is 4.43. The van der Waals surface area contributed by atoms with E-state index in [1.54, 1.807) is 10.4 Å². The van der Waals surface area contributed by atoms with Gasteiger partial charge in [-0.15, -0.1) is 6.58 Å². The molecule has 23 heavy (non-hydrogen) atoms. The Labute approximate surface area is 141 Å². The molecule has 1 aliphatic carbocycles. The smallest absolute Gasteiger partial charge is 0.207 e. The zero-order chi connectivity index (χ0) is 17.2. The standard InChI is InChI=1S/C19H29NO2S/c1-6-12-20(18-10-8-7-9-11-18)23(21,22)19-16(4)14(2)13-15(3)17(19)5/h6,13,18H,1,7-12H2,2-5H3. The van der Waals surface area contributed by atoms with Crippen molar-refractivity contribution in [3.8, 4) is 0 Å². The van der Waals surface area contributed by atoms with E-state index < -0.39 is 10.0 Å². The van der Waals surface area contributed by atoms with E-state index in [0.29, 0.717) is 11.4 Å². The van der Waals surface area contributed by atoms with Crippen molar-refractivity contribution in [3.63, 3.8) is 0 Å². The van der Waals surface area contributed by atoms with Gasteiger partial charge < -0.3 is 0 Å². The lowest BCUT2D eigenvalue weighted by Crippen LogP contribution is -2.42. The molecule has 0 saturated heterocycles. The largest absolute Gasteiger partial charge is 0.244 e. The molecule has 0 aromatic heterocycles. The normalized spacial score (nSPS) is 16.7. The Balaban J connectivity index is 2.56. The van der Waals surface area contributed by atoms with E-state index in [1.165, 1.54) is 6.42 Å². The van der Waals surface area contributed by atoms with Gasteiger partial charge in [0.05, 0.1) is 4.90 Å². The Morgan fingerprint density at radius 3 is 2.09 bits per heavy atom. The van der Waals surface area contributed by atoms with Gasteiger partial charge in [-0.25, -0.2) is 8.42 Å². The summed E-state index contributed by atoms with van der Waals surface area (Å²) < 4.78 is 28.6. The van der Waals surface area contributed by atoms with Gasteiger partial charge in [0, 0.05) is 12.6 Å². The summed E-state index contributed by atoms with van der Waals surface area (Å²) in [5.74, 6) is 0. The fourth-order valence-electron chi connectivity index (χ4n) is 3.62. The summed E-state index contributed by atoms with van der Waals surface area (Å²) in [6.45, 7) is 12.0. The van der Waals surface area contributed by atoms with Gasteiger partial charge in [-0.1, -0.05) is 31.4 Å². The molecule has 0 atom stereocenters. The Bertz CT molecular complexity index is 660. The van der Waals surface area contributed by atoms with E-state index in [0.717, 1.165) is 47.9 Å². The van der Waals surface area contributed by atoms with Gasteiger partial charge in [0.15, 0.2) is 0 Å². The molecule has 1 aliphatic rings. The molecule has 128 valence electrons. The monoisotopic (exact) mass is 335 g/mol. The number of hydrogen-bond acceptors (Lipinski definition) is 2. The average Bonchev–Trinajstić information content (AvgIpc) is 2.51. The van der Waals surface area contributed by atoms with Crippen LogP contribution in [0, 0.1) is 27.7 Å². The van der Waals surface area contributed by atoms with Crippen molar-refractivity contribution in [1.29, 1.82) is 0 Å². The molecule has 1 fully saturated rings. The molecule has 1 aromatic carbocycles. The number of aryl methyl sites for hydroxylation is 2. The minimum absolute atomic E-state index is 0.103. The van der Waals surface area contributed by atoms with Gasteiger partial charge in [-0.05, 0) is 62.8 Å². The summed E-state index contributed by atoms with van der Waals surface area (Å²) in [6, 6.07) is 2.17. The molecule has 1 saturated carbocycles. The summed E-state index contributed by atoms with van der Waals surface area (Å²) in [5.41, 5.74) is 3.82. The molecule has 0 unspecified atom stereocenters. The number of rotatable bonds is 5. The minimum atomic E-state index is -3.51. The highest BCUT2D eigenvalue weighted by atomic mass is 32.2. The zero-order valence-electron chi connectivity index (χ0n) is 14.9. The van der Waals surface area contributed by atoms with E-state index in [2.05, 4.69) is 12.6 Å². The molecule has 3 nitrogen and oxygen atoms in total. The number of benzene rings is 1. The van der Waals surface area contributed by atoms with Crippen molar-refractivity contribution in [2.75, 3.05) is 6.54 Å². The molecule has 0 heterocycles. The molecule has 0 radical (unpaired) electrons. The van der Waals surface area contributed by atoms with Gasteiger partial charge in [-0.2, -0.15) is 4.31 Å². The van der Waals surface area contributed by atoms with E-state index in [-0.39, 0.29) is 6.04 Å². The van der Waals surface area contributed by atoms with Crippen molar-refractivity contribution in [3.05, 3.63) is 41.0 Å². The highest BCUT2D eigenvalue weighted by molar-refractivity contribution is 7.89. The van der Waals surface area contributed by atoms with Crippen molar-refractivity contribution in [1.82, 2.24) is 4.31 Å². The molecular weight excluding hydrogens is 306 g/mol. The lowest BCUT2D eigenvalue weighted by molar-refractivity contribution is 0.269. The summed E-state index contributed by atoms with van der Waals surface area (Å²) in [4.78, 5) is 0.502. The summed E-state index contributed by atoms with van der Waals surface area (Å²) >= 11 is 0. The molecule has 0 bridgehead atoms. The third-order valence-corrected chi connectivity index (χ3v) is 7.35. The van der Waals surface area contributed by atoms with Crippen LogP contribution in [-0.2, 0) is 10.0 Å². The van der Waals surface area contributed by atoms with Gasteiger partial charge >= 0.3 is 0 Å². The highest BCUT2D eigenvalue weighted by Crippen LogP contribution is 2.32. The summed E-state index contributed by atoms with van der Waals surface area (Å²) in [6.07, 6.45) is 7.04. The molecule has 0 amide bonds. The van der Waals surface area contributed by atoms with E-state index in [9.17, 15) is 8.42 Å². The van der Waals surface area contributed by atoms with Crippen LogP contribution < -0.4 is 0 Å². The number of hydrogen-bond donors (Lipinski definition) is 0. The summed E-state index contributed by atoms with van der Waals surface area (Å²) in [5, 5.41) is 0. The maximum atomic E-state index is 13.4. The topological polar surface area (TPSA) is 37.4 Å². The van der Waals surface area contributed by atoms with E-state index >= 15 is 0 Å². The van der Waals surface area contributed by atoms with Gasteiger partial charge in [0.2, 0.25) is 10.0 Å². The molecule has 0 spiro atoms. The minimum Gasteiger partial charge on any atom is -0.207 e. The number of sulfonamides is 1. The third-order valence-electron chi connectivity index (χ3n) is 5.15. The molecule has 0 aliphatic heterocycles. The zero-order valence-corrected chi connectivity index (χ0v) is 15.7. The first-order chi connectivity index (χ1) is 10.8. The van der Waals surface area contributed by atoms with Crippen LogP contribution in [0.15, 0.2) is 23.6 Å². The van der Waals surface area contributed by atoms with Crippen LogP contribution in [0.2, 0.25) is 0 Å². The van der Waals surface area contributed by atoms with Gasteiger partial charge in [-0.3, -0.25) is 0 Å². The molecule has 0 N–H and O–H groups in total. The first-order valence-electron chi connectivity index (χ1n) is 8.50. The fraction of sp³-hybridized carbons (Fsp3) is 0.579. The lowest BCUT2D eigenvalue weighted by Gasteiger charge is -2.34. The average molecular weight is 336 g/mol. The predicted molar refractivity (Wildman–Crippen MR) is 96.4 cm³/mol. The van der Waals surface area contributed by atoms with Crippen molar-refractivity contribution in [2.45, 2.75) is 70.7 Å². The second kappa shape index (κ2) is 7.18. The number of nitrogens with zero attached hydrogens (tertiary/aromatic N) is 1. The molecular formula is C19H29NO2S. The Morgan fingerprint density at radius 2 is 1.61 bits per heavy atom. The van der Waals surface area contributed by atoms with Gasteiger partial charge in [0.25, 0.3) is 0 Å². The van der Waals surface area contributed by atoms with E-state index in [4.69, 9.17) is 0 Å². The van der Waals surface area contributed by atoms with Crippen LogP contribution >= 0.6 is 0 Å². The van der Waals surface area contributed by atoms with Crippen LogP contribution in [0.4, 0.5) is 0 Å². The second-order valence-corrected chi connectivity index (χ2v) is 8.57. The Hall–Kier alpha value is -1.13. The lowest BCUT2D eigenvalue weighted by atomic mass is 9.95. The van der Waals surface area contributed by atoms with Crippen molar-refractivity contribution >= 4 is 10.0 Å². The van der Waals surface area contributed by atoms with Crippen LogP contribution in [0.25, 0.3) is 0 Å². The van der Waals surface area contributed by atoms with Crippen LogP contribution in [0.5, 0.6) is 0 Å². The Morgan fingerprint density at radius 1 is 1.09 bits per heavy atom. The SMILES string of the molecule is C=CCN(C1CCCCC1)S(=O)(=O)c1c(C)c(C)cc(C)c1C. The van der Waals surface area contributed by atoms with Crippen LogP contribution in [0.3, 0.4) is 0 Å².